The Hall–Kier alpha value is -3.48. The van der Waals surface area contributed by atoms with E-state index < -0.39 is 17.9 Å². The Bertz CT molecular complexity index is 909. The van der Waals surface area contributed by atoms with Crippen molar-refractivity contribution in [1.82, 2.24) is 10.1 Å². The van der Waals surface area contributed by atoms with Crippen molar-refractivity contribution in [3.63, 3.8) is 0 Å². The first-order chi connectivity index (χ1) is 13.2. The van der Waals surface area contributed by atoms with Crippen LogP contribution >= 0.6 is 0 Å². The van der Waals surface area contributed by atoms with Gasteiger partial charge in [-0.25, -0.2) is 4.79 Å². The molecule has 27 heavy (non-hydrogen) atoms. The van der Waals surface area contributed by atoms with Gasteiger partial charge in [-0.2, -0.15) is 0 Å². The first kappa shape index (κ1) is 18.3. The number of carbonyl (C=O) groups is 2. The summed E-state index contributed by atoms with van der Waals surface area (Å²) in [5.41, 5.74) is 1.38. The Morgan fingerprint density at radius 2 is 1.96 bits per heavy atom. The van der Waals surface area contributed by atoms with Crippen LogP contribution in [0.5, 0.6) is 0 Å². The number of amides is 1. The number of aromatic nitrogens is 2. The molecule has 3 rings (SSSR count). The van der Waals surface area contributed by atoms with Gasteiger partial charge < -0.3 is 9.26 Å². The van der Waals surface area contributed by atoms with Crippen LogP contribution in [0.15, 0.2) is 65.4 Å². The van der Waals surface area contributed by atoms with Crippen molar-refractivity contribution in [3.8, 4) is 11.3 Å². The summed E-state index contributed by atoms with van der Waals surface area (Å²) in [6.45, 7) is 1.81. The van der Waals surface area contributed by atoms with E-state index in [0.717, 1.165) is 0 Å². The van der Waals surface area contributed by atoms with Crippen LogP contribution in [-0.4, -0.2) is 35.2 Å². The molecule has 3 aromatic rings. The third-order valence-corrected chi connectivity index (χ3v) is 4.10. The number of methoxy groups -OCH3 is 1. The highest BCUT2D eigenvalue weighted by Crippen LogP contribution is 2.24. The molecule has 0 unspecified atom stereocenters. The summed E-state index contributed by atoms with van der Waals surface area (Å²) in [6.07, 6.45) is 3.65. The van der Waals surface area contributed by atoms with Gasteiger partial charge in [0.1, 0.15) is 6.04 Å². The number of hydrogen-bond acceptors (Lipinski definition) is 6. The zero-order valence-corrected chi connectivity index (χ0v) is 15.0. The standard InChI is InChI=1S/C20H19N3O4/c1-3-17(20(25)26-2)23(15-9-5-4-6-10-15)19(24)16-12-18(27-22-16)14-8-7-11-21-13-14/h4-13,17H,3H2,1-2H3/t17-/m1/s1. The molecule has 0 bridgehead atoms. The lowest BCUT2D eigenvalue weighted by Gasteiger charge is -2.28. The smallest absolute Gasteiger partial charge is 0.328 e. The predicted molar refractivity (Wildman–Crippen MR) is 99.1 cm³/mol. The number of para-hydroxylation sites is 1. The van der Waals surface area contributed by atoms with Gasteiger partial charge in [0.05, 0.1) is 7.11 Å². The van der Waals surface area contributed by atoms with E-state index in [2.05, 4.69) is 10.1 Å². The van der Waals surface area contributed by atoms with Gasteiger partial charge in [-0.3, -0.25) is 14.7 Å². The summed E-state index contributed by atoms with van der Waals surface area (Å²) in [7, 11) is 1.30. The Kier molecular flexibility index (Phi) is 5.61. The summed E-state index contributed by atoms with van der Waals surface area (Å²) in [4.78, 5) is 30.9. The van der Waals surface area contributed by atoms with Crippen molar-refractivity contribution in [2.75, 3.05) is 12.0 Å². The van der Waals surface area contributed by atoms with E-state index >= 15 is 0 Å². The van der Waals surface area contributed by atoms with Gasteiger partial charge >= 0.3 is 5.97 Å². The minimum absolute atomic E-state index is 0.0973. The summed E-state index contributed by atoms with van der Waals surface area (Å²) in [6, 6.07) is 13.3. The van der Waals surface area contributed by atoms with Crippen LogP contribution in [-0.2, 0) is 9.53 Å². The van der Waals surface area contributed by atoms with Gasteiger partial charge in [0.2, 0.25) is 0 Å². The number of pyridine rings is 1. The highest BCUT2D eigenvalue weighted by atomic mass is 16.5. The number of anilines is 1. The van der Waals surface area contributed by atoms with Crippen LogP contribution in [0.1, 0.15) is 23.8 Å². The second-order valence-corrected chi connectivity index (χ2v) is 5.78. The van der Waals surface area contributed by atoms with Crippen molar-refractivity contribution in [1.29, 1.82) is 0 Å². The third-order valence-electron chi connectivity index (χ3n) is 4.10. The van der Waals surface area contributed by atoms with Crippen molar-refractivity contribution in [2.45, 2.75) is 19.4 Å². The lowest BCUT2D eigenvalue weighted by atomic mass is 10.1. The molecule has 0 aliphatic heterocycles. The molecule has 0 spiro atoms. The van der Waals surface area contributed by atoms with Crippen molar-refractivity contribution < 1.29 is 18.8 Å². The van der Waals surface area contributed by atoms with E-state index in [0.29, 0.717) is 23.4 Å². The molecular formula is C20H19N3O4. The maximum Gasteiger partial charge on any atom is 0.328 e. The second-order valence-electron chi connectivity index (χ2n) is 5.78. The quantitative estimate of drug-likeness (QED) is 0.623. The lowest BCUT2D eigenvalue weighted by molar-refractivity contribution is -0.142. The zero-order chi connectivity index (χ0) is 19.2. The number of rotatable bonds is 6. The molecule has 0 aliphatic carbocycles. The summed E-state index contributed by atoms with van der Waals surface area (Å²) in [5.74, 6) is -0.520. The minimum atomic E-state index is -0.775. The van der Waals surface area contributed by atoms with Crippen LogP contribution in [0.25, 0.3) is 11.3 Å². The largest absolute Gasteiger partial charge is 0.467 e. The molecule has 2 aromatic heterocycles. The lowest BCUT2D eigenvalue weighted by Crippen LogP contribution is -2.45. The van der Waals surface area contributed by atoms with Gasteiger partial charge in [-0.1, -0.05) is 30.3 Å². The molecule has 1 atom stereocenters. The van der Waals surface area contributed by atoms with Crippen LogP contribution in [0.4, 0.5) is 5.69 Å². The first-order valence-corrected chi connectivity index (χ1v) is 8.49. The molecule has 0 saturated heterocycles. The molecule has 7 nitrogen and oxygen atoms in total. The van der Waals surface area contributed by atoms with Crippen LogP contribution < -0.4 is 4.90 Å². The van der Waals surface area contributed by atoms with Gasteiger partial charge in [-0.15, -0.1) is 0 Å². The highest BCUT2D eigenvalue weighted by Gasteiger charge is 2.33. The molecular weight excluding hydrogens is 346 g/mol. The summed E-state index contributed by atoms with van der Waals surface area (Å²) in [5, 5.41) is 3.89. The maximum absolute atomic E-state index is 13.2. The highest BCUT2D eigenvalue weighted by molar-refractivity contribution is 6.08. The van der Waals surface area contributed by atoms with Gasteiger partial charge in [0.15, 0.2) is 11.5 Å². The van der Waals surface area contributed by atoms with Crippen molar-refractivity contribution >= 4 is 17.6 Å². The fraction of sp³-hybridized carbons (Fsp3) is 0.200. The normalized spacial score (nSPS) is 11.6. The average Bonchev–Trinajstić information content (AvgIpc) is 3.22. The fourth-order valence-corrected chi connectivity index (χ4v) is 2.76. The number of ether oxygens (including phenoxy) is 1. The van der Waals surface area contributed by atoms with E-state index in [1.807, 2.05) is 13.0 Å². The molecule has 0 aliphatic rings. The number of esters is 1. The van der Waals surface area contributed by atoms with E-state index in [9.17, 15) is 9.59 Å². The van der Waals surface area contributed by atoms with Gasteiger partial charge in [0.25, 0.3) is 5.91 Å². The topological polar surface area (TPSA) is 85.5 Å². The number of hydrogen-bond donors (Lipinski definition) is 0. The second kappa shape index (κ2) is 8.27. The Morgan fingerprint density at radius 3 is 2.59 bits per heavy atom. The zero-order valence-electron chi connectivity index (χ0n) is 15.0. The van der Waals surface area contributed by atoms with Crippen LogP contribution in [0.2, 0.25) is 0 Å². The Morgan fingerprint density at radius 1 is 1.19 bits per heavy atom. The molecule has 0 fully saturated rings. The molecule has 7 heteroatoms. The van der Waals surface area contributed by atoms with E-state index in [1.165, 1.54) is 12.0 Å². The van der Waals surface area contributed by atoms with Gasteiger partial charge in [0, 0.05) is 29.7 Å². The summed E-state index contributed by atoms with van der Waals surface area (Å²) < 4.78 is 10.2. The Labute approximate surface area is 156 Å². The van der Waals surface area contributed by atoms with E-state index in [-0.39, 0.29) is 5.69 Å². The van der Waals surface area contributed by atoms with Crippen LogP contribution in [0, 0.1) is 0 Å². The SMILES string of the molecule is CC[C@H](C(=O)OC)N(C(=O)c1cc(-c2cccnc2)on1)c1ccccc1. The molecule has 1 aromatic carbocycles. The number of benzene rings is 1. The number of carbonyl (C=O) groups excluding carboxylic acids is 2. The first-order valence-electron chi connectivity index (χ1n) is 8.49. The fourth-order valence-electron chi connectivity index (χ4n) is 2.76. The van der Waals surface area contributed by atoms with Crippen LogP contribution in [0.3, 0.4) is 0 Å². The maximum atomic E-state index is 13.2. The summed E-state index contributed by atoms with van der Waals surface area (Å²) >= 11 is 0. The molecule has 138 valence electrons. The van der Waals surface area contributed by atoms with E-state index in [1.54, 1.807) is 54.9 Å². The number of nitrogens with zero attached hydrogens (tertiary/aromatic N) is 3. The average molecular weight is 365 g/mol. The molecule has 0 N–H and O–H groups in total. The Balaban J connectivity index is 1.98. The predicted octanol–water partition coefficient (Wildman–Crippen LogP) is 3.34. The molecule has 1 amide bonds. The van der Waals surface area contributed by atoms with Crippen molar-refractivity contribution in [3.05, 3.63) is 66.6 Å². The third kappa shape index (κ3) is 3.87. The van der Waals surface area contributed by atoms with Gasteiger partial charge in [-0.05, 0) is 30.7 Å². The molecule has 0 radical (unpaired) electrons. The molecule has 2 heterocycles. The monoisotopic (exact) mass is 365 g/mol. The van der Waals surface area contributed by atoms with E-state index in [4.69, 9.17) is 9.26 Å². The molecule has 0 saturated carbocycles. The van der Waals surface area contributed by atoms with Crippen molar-refractivity contribution in [2.24, 2.45) is 0 Å². The minimum Gasteiger partial charge on any atom is -0.467 e.